The fraction of sp³-hybridized carbons (Fsp3) is 0.577. The minimum absolute atomic E-state index is 0.129. The van der Waals surface area contributed by atoms with E-state index in [2.05, 4.69) is 26.6 Å². The number of likely N-dealkylation sites (tertiary alicyclic amines) is 1. The van der Waals surface area contributed by atoms with Crippen LogP contribution in [0.15, 0.2) is 40.9 Å². The lowest BCUT2D eigenvalue weighted by atomic mass is 9.74. The Bertz CT molecular complexity index is 1010. The Labute approximate surface area is 208 Å². The van der Waals surface area contributed by atoms with Gasteiger partial charge in [0.15, 0.2) is 0 Å². The molecule has 1 aromatic carbocycles. The van der Waals surface area contributed by atoms with Crippen molar-refractivity contribution in [2.24, 2.45) is 11.8 Å². The lowest BCUT2D eigenvalue weighted by Gasteiger charge is -2.36. The number of halogens is 1. The summed E-state index contributed by atoms with van der Waals surface area (Å²) in [6.45, 7) is 3.97. The Balaban J connectivity index is 1.44. The monoisotopic (exact) mass is 529 g/mol. The third kappa shape index (κ3) is 3.79. The van der Waals surface area contributed by atoms with Gasteiger partial charge in [0.1, 0.15) is 11.6 Å². The van der Waals surface area contributed by atoms with Crippen LogP contribution in [0.3, 0.4) is 0 Å². The van der Waals surface area contributed by atoms with Crippen LogP contribution in [0.25, 0.3) is 0 Å². The molecule has 3 aliphatic heterocycles. The number of amides is 3. The van der Waals surface area contributed by atoms with Crippen molar-refractivity contribution >= 4 is 39.3 Å². The molecule has 182 valence electrons. The van der Waals surface area contributed by atoms with Crippen molar-refractivity contribution in [2.75, 3.05) is 5.32 Å². The fourth-order valence-electron chi connectivity index (χ4n) is 6.16. The lowest BCUT2D eigenvalue weighted by molar-refractivity contribution is -0.143. The van der Waals surface area contributed by atoms with E-state index in [9.17, 15) is 14.4 Å². The molecule has 0 unspecified atom stereocenters. The summed E-state index contributed by atoms with van der Waals surface area (Å²) in [6, 6.07) is 6.55. The summed E-state index contributed by atoms with van der Waals surface area (Å²) in [6.07, 6.45) is 9.25. The molecule has 1 saturated carbocycles. The van der Waals surface area contributed by atoms with Gasteiger partial charge in [-0.15, -0.1) is 0 Å². The van der Waals surface area contributed by atoms with Gasteiger partial charge >= 0.3 is 0 Å². The number of nitrogens with one attached hydrogen (secondary N) is 2. The molecule has 6 atom stereocenters. The predicted molar refractivity (Wildman–Crippen MR) is 132 cm³/mol. The van der Waals surface area contributed by atoms with Gasteiger partial charge in [-0.1, -0.05) is 54.3 Å². The molecule has 34 heavy (non-hydrogen) atoms. The zero-order valence-electron chi connectivity index (χ0n) is 19.6. The molecule has 2 bridgehead atoms. The number of hydrogen-bond donors (Lipinski definition) is 2. The smallest absolute Gasteiger partial charge is 0.246 e. The van der Waals surface area contributed by atoms with E-state index in [1.54, 1.807) is 4.90 Å². The quantitative estimate of drug-likeness (QED) is 0.548. The molecule has 0 radical (unpaired) electrons. The molecule has 0 aromatic heterocycles. The second kappa shape index (κ2) is 9.11. The summed E-state index contributed by atoms with van der Waals surface area (Å²) in [5, 5.41) is 6.17. The third-order valence-corrected chi connectivity index (χ3v) is 8.52. The van der Waals surface area contributed by atoms with E-state index in [0.29, 0.717) is 12.1 Å². The lowest BCUT2D eigenvalue weighted by Crippen LogP contribution is -2.58. The zero-order valence-corrected chi connectivity index (χ0v) is 21.2. The molecule has 1 spiro atoms. The molecule has 1 aromatic rings. The fourth-order valence-corrected chi connectivity index (χ4v) is 6.43. The van der Waals surface area contributed by atoms with Crippen molar-refractivity contribution in [2.45, 2.75) is 82.2 Å². The molecule has 2 N–H and O–H groups in total. The summed E-state index contributed by atoms with van der Waals surface area (Å²) in [5.41, 5.74) is -0.448. The summed E-state index contributed by atoms with van der Waals surface area (Å²) in [7, 11) is 0. The number of fused-ring (bicyclic) bond motifs is 1. The molecule has 1 aliphatic carbocycles. The Morgan fingerprint density at radius 1 is 1.18 bits per heavy atom. The maximum absolute atomic E-state index is 13.8. The zero-order chi connectivity index (χ0) is 24.0. The van der Waals surface area contributed by atoms with Crippen molar-refractivity contribution in [1.29, 1.82) is 0 Å². The van der Waals surface area contributed by atoms with Crippen LogP contribution in [0.4, 0.5) is 5.69 Å². The molecule has 5 rings (SSSR count). The van der Waals surface area contributed by atoms with E-state index in [4.69, 9.17) is 4.74 Å². The van der Waals surface area contributed by atoms with Crippen molar-refractivity contribution in [1.82, 2.24) is 10.2 Å². The van der Waals surface area contributed by atoms with Gasteiger partial charge < -0.3 is 20.3 Å². The first kappa shape index (κ1) is 23.5. The largest absolute Gasteiger partial charge is 0.359 e. The van der Waals surface area contributed by atoms with Crippen LogP contribution in [-0.2, 0) is 19.1 Å². The van der Waals surface area contributed by atoms with E-state index in [-0.39, 0.29) is 29.8 Å². The van der Waals surface area contributed by atoms with Gasteiger partial charge in [0.2, 0.25) is 17.7 Å². The Morgan fingerprint density at radius 3 is 2.56 bits per heavy atom. The SMILES string of the molecule is CC[C@H](C)N1C(=O)[C@H]2[C@H](C(=O)Nc3ccc(Br)cc3)[C@H]3C=C[C@@]2(O3)[C@@H]1C(=O)NC1CCCCC1. The standard InChI is InChI=1S/C26H32BrN3O4/c1-3-15(2)30-22(24(32)29-17-7-5-4-6-8-17)26-14-13-19(34-26)20(21(26)25(30)33)23(31)28-18-11-9-16(27)10-12-18/h9-15,17,19-22H,3-8H2,1-2H3,(H,28,31)(H,29,32)/t15-,19+,20+,21+,22-,26-/m0/s1. The maximum atomic E-state index is 13.8. The van der Waals surface area contributed by atoms with E-state index in [0.717, 1.165) is 30.2 Å². The van der Waals surface area contributed by atoms with Crippen LogP contribution in [0.5, 0.6) is 0 Å². The summed E-state index contributed by atoms with van der Waals surface area (Å²) in [5.74, 6) is -1.98. The number of anilines is 1. The minimum atomic E-state index is -1.11. The van der Waals surface area contributed by atoms with Gasteiger partial charge in [-0.05, 0) is 50.5 Å². The van der Waals surface area contributed by atoms with Crippen LogP contribution in [0, 0.1) is 11.8 Å². The first-order valence-corrected chi connectivity index (χ1v) is 13.2. The number of nitrogens with zero attached hydrogens (tertiary/aromatic N) is 1. The van der Waals surface area contributed by atoms with Crippen LogP contribution >= 0.6 is 15.9 Å². The average Bonchev–Trinajstić information content (AvgIpc) is 3.48. The van der Waals surface area contributed by atoms with Crippen LogP contribution in [0.1, 0.15) is 52.4 Å². The van der Waals surface area contributed by atoms with Gasteiger partial charge in [-0.25, -0.2) is 0 Å². The number of hydrogen-bond acceptors (Lipinski definition) is 4. The number of benzene rings is 1. The summed E-state index contributed by atoms with van der Waals surface area (Å²) in [4.78, 5) is 42.6. The maximum Gasteiger partial charge on any atom is 0.246 e. The Morgan fingerprint density at radius 2 is 1.88 bits per heavy atom. The highest BCUT2D eigenvalue weighted by atomic mass is 79.9. The van der Waals surface area contributed by atoms with E-state index in [1.807, 2.05) is 50.3 Å². The van der Waals surface area contributed by atoms with Crippen LogP contribution in [-0.4, -0.2) is 52.5 Å². The summed E-state index contributed by atoms with van der Waals surface area (Å²) >= 11 is 3.40. The first-order valence-electron chi connectivity index (χ1n) is 12.4. The minimum Gasteiger partial charge on any atom is -0.359 e. The average molecular weight is 530 g/mol. The second-order valence-electron chi connectivity index (χ2n) is 10.0. The highest BCUT2D eigenvalue weighted by molar-refractivity contribution is 9.10. The van der Waals surface area contributed by atoms with Crippen LogP contribution < -0.4 is 10.6 Å². The molecule has 7 nitrogen and oxygen atoms in total. The molecule has 4 aliphatic rings. The van der Waals surface area contributed by atoms with Crippen LogP contribution in [0.2, 0.25) is 0 Å². The van der Waals surface area contributed by atoms with Gasteiger partial charge in [-0.3, -0.25) is 14.4 Å². The molecule has 8 heteroatoms. The number of carbonyl (C=O) groups is 3. The van der Waals surface area contributed by atoms with Gasteiger partial charge in [0, 0.05) is 22.2 Å². The van der Waals surface area contributed by atoms with Crippen molar-refractivity contribution in [3.8, 4) is 0 Å². The number of ether oxygens (including phenoxy) is 1. The molecule has 3 amide bonds. The number of rotatable bonds is 6. The summed E-state index contributed by atoms with van der Waals surface area (Å²) < 4.78 is 7.30. The molecular formula is C26H32BrN3O4. The number of carbonyl (C=O) groups excluding carboxylic acids is 3. The normalized spacial score (nSPS) is 33.1. The van der Waals surface area contributed by atoms with Gasteiger partial charge in [-0.2, -0.15) is 0 Å². The molecule has 3 fully saturated rings. The second-order valence-corrected chi connectivity index (χ2v) is 11.0. The Hall–Kier alpha value is -2.19. The highest BCUT2D eigenvalue weighted by Gasteiger charge is 2.73. The van der Waals surface area contributed by atoms with Gasteiger partial charge in [0.25, 0.3) is 0 Å². The molecular weight excluding hydrogens is 498 g/mol. The molecule has 3 heterocycles. The van der Waals surface area contributed by atoms with Gasteiger partial charge in [0.05, 0.1) is 17.9 Å². The van der Waals surface area contributed by atoms with E-state index >= 15 is 0 Å². The van der Waals surface area contributed by atoms with Crippen molar-refractivity contribution in [3.05, 3.63) is 40.9 Å². The predicted octanol–water partition coefficient (Wildman–Crippen LogP) is 3.79. The van der Waals surface area contributed by atoms with E-state index in [1.165, 1.54) is 6.42 Å². The van der Waals surface area contributed by atoms with Crippen molar-refractivity contribution < 1.29 is 19.1 Å². The highest BCUT2D eigenvalue weighted by Crippen LogP contribution is 2.55. The van der Waals surface area contributed by atoms with Crippen molar-refractivity contribution in [3.63, 3.8) is 0 Å². The Kier molecular flexibility index (Phi) is 6.31. The first-order chi connectivity index (χ1) is 16.4. The topological polar surface area (TPSA) is 87.7 Å². The van der Waals surface area contributed by atoms with E-state index < -0.39 is 29.6 Å². The third-order valence-electron chi connectivity index (χ3n) is 7.99. The molecule has 2 saturated heterocycles.